The minimum atomic E-state index is -0.717. The number of aryl methyl sites for hydroxylation is 1. The lowest BCUT2D eigenvalue weighted by molar-refractivity contribution is -0.156. The van der Waals surface area contributed by atoms with E-state index in [1.165, 1.54) is 6.33 Å². The Labute approximate surface area is 114 Å². The molecule has 0 aliphatic rings. The molecular weight excluding hydrogens is 244 g/mol. The summed E-state index contributed by atoms with van der Waals surface area (Å²) in [4.78, 5) is 16.5. The summed E-state index contributed by atoms with van der Waals surface area (Å²) in [6.07, 6.45) is 2.61. The predicted molar refractivity (Wildman–Crippen MR) is 72.3 cm³/mol. The number of nitrogens with two attached hydrogens (primary N) is 1. The average Bonchev–Trinajstić information content (AvgIpc) is 2.73. The fraction of sp³-hybridized carbons (Fsp3) is 0.769. The Morgan fingerprint density at radius 1 is 1.58 bits per heavy atom. The number of hydrogen-bond acceptors (Lipinski definition) is 5. The van der Waals surface area contributed by atoms with Crippen LogP contribution in [0, 0.1) is 11.3 Å². The molecular formula is C13H24N4O2. The quantitative estimate of drug-likeness (QED) is 0.743. The molecule has 1 aromatic heterocycles. The molecule has 0 fully saturated rings. The minimum absolute atomic E-state index is 0.241. The van der Waals surface area contributed by atoms with Crippen LogP contribution in [0.15, 0.2) is 6.33 Å². The first kappa shape index (κ1) is 15.6. The molecule has 0 saturated carbocycles. The lowest BCUT2D eigenvalue weighted by Gasteiger charge is -2.31. The summed E-state index contributed by atoms with van der Waals surface area (Å²) in [6.45, 7) is 6.55. The largest absolute Gasteiger partial charge is 0.466 e. The van der Waals surface area contributed by atoms with Gasteiger partial charge < -0.3 is 10.5 Å². The second-order valence-corrected chi connectivity index (χ2v) is 5.28. The summed E-state index contributed by atoms with van der Waals surface area (Å²) in [5.74, 6) is 0.856. The van der Waals surface area contributed by atoms with E-state index in [1.807, 2.05) is 7.05 Å². The van der Waals surface area contributed by atoms with Gasteiger partial charge in [-0.2, -0.15) is 5.10 Å². The lowest BCUT2D eigenvalue weighted by Crippen LogP contribution is -2.43. The Morgan fingerprint density at radius 3 is 2.68 bits per heavy atom. The highest BCUT2D eigenvalue weighted by Crippen LogP contribution is 2.31. The van der Waals surface area contributed by atoms with E-state index in [0.29, 0.717) is 25.4 Å². The molecule has 0 radical (unpaired) electrons. The van der Waals surface area contributed by atoms with Crippen LogP contribution in [0.25, 0.3) is 0 Å². The van der Waals surface area contributed by atoms with Gasteiger partial charge in [-0.25, -0.2) is 4.98 Å². The third-order valence-electron chi connectivity index (χ3n) is 3.20. The van der Waals surface area contributed by atoms with Gasteiger partial charge in [-0.05, 0) is 19.3 Å². The molecule has 0 saturated heterocycles. The molecule has 1 aromatic rings. The Bertz CT molecular complexity index is 417. The maximum atomic E-state index is 12.3. The summed E-state index contributed by atoms with van der Waals surface area (Å²) in [7, 11) is 1.81. The van der Waals surface area contributed by atoms with Gasteiger partial charge in [0.15, 0.2) is 0 Å². The Hall–Kier alpha value is -1.43. The van der Waals surface area contributed by atoms with E-state index in [9.17, 15) is 4.79 Å². The van der Waals surface area contributed by atoms with Crippen LogP contribution in [-0.4, -0.2) is 33.9 Å². The first-order valence-corrected chi connectivity index (χ1v) is 6.65. The van der Waals surface area contributed by atoms with Crippen molar-refractivity contribution in [2.24, 2.45) is 24.1 Å². The van der Waals surface area contributed by atoms with E-state index in [0.717, 1.165) is 5.82 Å². The first-order chi connectivity index (χ1) is 8.95. The molecule has 2 N–H and O–H groups in total. The number of ether oxygens (including phenoxy) is 1. The van der Waals surface area contributed by atoms with Gasteiger partial charge in [0, 0.05) is 20.0 Å². The second-order valence-electron chi connectivity index (χ2n) is 5.28. The maximum absolute atomic E-state index is 12.3. The summed E-state index contributed by atoms with van der Waals surface area (Å²) in [5.41, 5.74) is 5.18. The topological polar surface area (TPSA) is 83.0 Å². The fourth-order valence-corrected chi connectivity index (χ4v) is 2.32. The average molecular weight is 268 g/mol. The van der Waals surface area contributed by atoms with Gasteiger partial charge in [0.05, 0.1) is 12.0 Å². The van der Waals surface area contributed by atoms with Gasteiger partial charge in [0.1, 0.15) is 12.2 Å². The van der Waals surface area contributed by atoms with Crippen LogP contribution < -0.4 is 5.73 Å². The molecule has 6 heteroatoms. The van der Waals surface area contributed by atoms with E-state index in [-0.39, 0.29) is 12.5 Å². The van der Waals surface area contributed by atoms with Crippen LogP contribution in [0.5, 0.6) is 0 Å². The molecule has 108 valence electrons. The van der Waals surface area contributed by atoms with Crippen LogP contribution in [0.3, 0.4) is 0 Å². The van der Waals surface area contributed by atoms with Gasteiger partial charge in [-0.3, -0.25) is 9.48 Å². The van der Waals surface area contributed by atoms with Crippen LogP contribution in [0.2, 0.25) is 0 Å². The summed E-state index contributed by atoms with van der Waals surface area (Å²) in [5, 5.41) is 4.03. The molecule has 19 heavy (non-hydrogen) atoms. The van der Waals surface area contributed by atoms with Crippen molar-refractivity contribution in [2.75, 3.05) is 13.2 Å². The zero-order valence-electron chi connectivity index (χ0n) is 12.2. The summed E-state index contributed by atoms with van der Waals surface area (Å²) < 4.78 is 6.88. The van der Waals surface area contributed by atoms with Crippen molar-refractivity contribution in [1.29, 1.82) is 0 Å². The van der Waals surface area contributed by atoms with Gasteiger partial charge in [0.25, 0.3) is 0 Å². The van der Waals surface area contributed by atoms with Crippen molar-refractivity contribution >= 4 is 5.97 Å². The Morgan fingerprint density at radius 2 is 2.26 bits per heavy atom. The van der Waals surface area contributed by atoms with Crippen LogP contribution in [-0.2, 0) is 23.0 Å². The number of esters is 1. The van der Waals surface area contributed by atoms with E-state index < -0.39 is 5.41 Å². The zero-order valence-corrected chi connectivity index (χ0v) is 12.2. The molecule has 0 bridgehead atoms. The van der Waals surface area contributed by atoms with Gasteiger partial charge in [-0.15, -0.1) is 0 Å². The Kier molecular flexibility index (Phi) is 5.47. The highest BCUT2D eigenvalue weighted by Gasteiger charge is 2.40. The van der Waals surface area contributed by atoms with E-state index in [4.69, 9.17) is 10.5 Å². The van der Waals surface area contributed by atoms with Crippen molar-refractivity contribution in [2.45, 2.75) is 33.6 Å². The summed E-state index contributed by atoms with van der Waals surface area (Å²) in [6, 6.07) is 0. The molecule has 0 aromatic carbocycles. The second kappa shape index (κ2) is 6.65. The number of rotatable bonds is 7. The highest BCUT2D eigenvalue weighted by atomic mass is 16.5. The molecule has 0 spiro atoms. The zero-order chi connectivity index (χ0) is 14.5. The molecule has 1 rings (SSSR count). The third-order valence-corrected chi connectivity index (χ3v) is 3.20. The van der Waals surface area contributed by atoms with Crippen LogP contribution in [0.1, 0.15) is 33.0 Å². The molecule has 0 amide bonds. The van der Waals surface area contributed by atoms with Gasteiger partial charge >= 0.3 is 5.97 Å². The van der Waals surface area contributed by atoms with Gasteiger partial charge in [0.2, 0.25) is 0 Å². The molecule has 0 aliphatic carbocycles. The third kappa shape index (κ3) is 3.76. The standard InChI is InChI=1S/C13H24N4O2/c1-5-19-12(18)13(8-14,6-10(2)3)7-11-15-9-16-17(11)4/h9-10H,5-8,14H2,1-4H3. The summed E-state index contributed by atoms with van der Waals surface area (Å²) >= 11 is 0. The SMILES string of the molecule is CCOC(=O)C(CN)(Cc1ncnn1C)CC(C)C. The monoisotopic (exact) mass is 268 g/mol. The minimum Gasteiger partial charge on any atom is -0.466 e. The number of hydrogen-bond donors (Lipinski definition) is 1. The highest BCUT2D eigenvalue weighted by molar-refractivity contribution is 5.77. The van der Waals surface area contributed by atoms with Crippen molar-refractivity contribution in [3.8, 4) is 0 Å². The maximum Gasteiger partial charge on any atom is 0.313 e. The fourth-order valence-electron chi connectivity index (χ4n) is 2.32. The Balaban J connectivity index is 3.02. The van der Waals surface area contributed by atoms with E-state index in [2.05, 4.69) is 23.9 Å². The molecule has 1 heterocycles. The number of aromatic nitrogens is 3. The van der Waals surface area contributed by atoms with E-state index in [1.54, 1.807) is 11.6 Å². The molecule has 1 atom stereocenters. The number of carbonyl (C=O) groups excluding carboxylic acids is 1. The number of nitrogens with zero attached hydrogens (tertiary/aromatic N) is 3. The van der Waals surface area contributed by atoms with Crippen molar-refractivity contribution in [3.05, 3.63) is 12.2 Å². The smallest absolute Gasteiger partial charge is 0.313 e. The predicted octanol–water partition coefficient (Wildman–Crippen LogP) is 0.912. The normalized spacial score (nSPS) is 14.4. The van der Waals surface area contributed by atoms with Crippen LogP contribution >= 0.6 is 0 Å². The molecule has 1 unspecified atom stereocenters. The van der Waals surface area contributed by atoms with Gasteiger partial charge in [-0.1, -0.05) is 13.8 Å². The first-order valence-electron chi connectivity index (χ1n) is 6.65. The lowest BCUT2D eigenvalue weighted by atomic mass is 9.77. The molecule has 6 nitrogen and oxygen atoms in total. The van der Waals surface area contributed by atoms with Crippen LogP contribution in [0.4, 0.5) is 0 Å². The van der Waals surface area contributed by atoms with Crippen molar-refractivity contribution in [3.63, 3.8) is 0 Å². The number of carbonyl (C=O) groups is 1. The molecule has 0 aliphatic heterocycles. The van der Waals surface area contributed by atoms with Crippen molar-refractivity contribution in [1.82, 2.24) is 14.8 Å². The van der Waals surface area contributed by atoms with E-state index >= 15 is 0 Å². The van der Waals surface area contributed by atoms with Crippen molar-refractivity contribution < 1.29 is 9.53 Å².